The third kappa shape index (κ3) is 5.96. The normalized spacial score (nSPS) is 24.8. The number of hydrogen-bond acceptors (Lipinski definition) is 12. The molecular weight excluding hydrogens is 499 g/mol. The van der Waals surface area contributed by atoms with E-state index >= 15 is 0 Å². The van der Waals surface area contributed by atoms with Crippen LogP contribution in [0.25, 0.3) is 0 Å². The molecule has 1 spiro atoms. The number of fused-ring (bicyclic) bond motifs is 3. The lowest BCUT2D eigenvalue weighted by molar-refractivity contribution is -0.145. The first-order chi connectivity index (χ1) is 17.0. The van der Waals surface area contributed by atoms with Crippen LogP contribution in [0.4, 0.5) is 5.82 Å². The van der Waals surface area contributed by atoms with Crippen molar-refractivity contribution in [3.8, 4) is 0 Å². The molecule has 36 heavy (non-hydrogen) atoms. The molecule has 1 saturated heterocycles. The lowest BCUT2D eigenvalue weighted by Gasteiger charge is -2.26. The van der Waals surface area contributed by atoms with Crippen molar-refractivity contribution in [1.29, 1.82) is 0 Å². The van der Waals surface area contributed by atoms with Crippen LogP contribution in [0, 0.1) is 5.92 Å². The van der Waals surface area contributed by atoms with E-state index in [2.05, 4.69) is 10.1 Å². The highest BCUT2D eigenvalue weighted by molar-refractivity contribution is 7.51. The van der Waals surface area contributed by atoms with Crippen LogP contribution in [0.5, 0.6) is 0 Å². The fraction of sp³-hybridized carbons (Fsp3) is 0.714. The molecule has 0 aliphatic carbocycles. The van der Waals surface area contributed by atoms with Crippen molar-refractivity contribution >= 4 is 25.5 Å². The summed E-state index contributed by atoms with van der Waals surface area (Å²) in [7, 11) is -4.32. The molecule has 1 aromatic heterocycles. The molecule has 3 heterocycles. The SMILES string of the molecule is CCOC(=O)COP(=O)(N[C@@H](CC(C)C)C(=O)OCC)OC[C@H]1OCC2(c3cc(N)nc(=O)n32)C1O. The summed E-state index contributed by atoms with van der Waals surface area (Å²) in [6.07, 6.45) is -2.02. The highest BCUT2D eigenvalue weighted by Gasteiger charge is 2.64. The third-order valence-electron chi connectivity index (χ3n) is 5.75. The fourth-order valence-electron chi connectivity index (χ4n) is 4.12. The number of rotatable bonds is 13. The molecule has 1 fully saturated rings. The Hall–Kier alpha value is -2.35. The molecule has 15 heteroatoms. The van der Waals surface area contributed by atoms with Crippen molar-refractivity contribution in [3.05, 3.63) is 22.2 Å². The number of carbonyl (C=O) groups excluding carboxylic acids is 2. The van der Waals surface area contributed by atoms with Crippen LogP contribution in [0.15, 0.2) is 10.9 Å². The molecule has 4 N–H and O–H groups in total. The minimum Gasteiger partial charge on any atom is -0.465 e. The lowest BCUT2D eigenvalue weighted by atomic mass is 9.98. The number of anilines is 1. The second-order valence-electron chi connectivity index (χ2n) is 8.84. The van der Waals surface area contributed by atoms with Crippen LogP contribution in [0.3, 0.4) is 0 Å². The van der Waals surface area contributed by atoms with Gasteiger partial charge in [0.1, 0.15) is 29.6 Å². The first kappa shape index (κ1) is 28.2. The molecule has 2 aliphatic heterocycles. The quantitative estimate of drug-likeness (QED) is 0.226. The Balaban J connectivity index is 1.74. The van der Waals surface area contributed by atoms with Gasteiger partial charge in [-0.3, -0.25) is 18.4 Å². The van der Waals surface area contributed by atoms with Gasteiger partial charge in [0.25, 0.3) is 0 Å². The molecule has 5 atom stereocenters. The molecule has 0 bridgehead atoms. The van der Waals surface area contributed by atoms with Crippen molar-refractivity contribution in [2.45, 2.75) is 57.9 Å². The van der Waals surface area contributed by atoms with Crippen LogP contribution in [-0.2, 0) is 43.0 Å². The van der Waals surface area contributed by atoms with E-state index in [0.717, 1.165) is 0 Å². The lowest BCUT2D eigenvalue weighted by Crippen LogP contribution is -2.40. The van der Waals surface area contributed by atoms with E-state index in [1.54, 1.807) is 13.8 Å². The Morgan fingerprint density at radius 3 is 2.67 bits per heavy atom. The summed E-state index contributed by atoms with van der Waals surface area (Å²) < 4.78 is 41.2. The van der Waals surface area contributed by atoms with Gasteiger partial charge in [-0.25, -0.2) is 19.2 Å². The van der Waals surface area contributed by atoms with E-state index < -0.39 is 62.4 Å². The Labute approximate surface area is 208 Å². The molecule has 3 rings (SSSR count). The average Bonchev–Trinajstić information content (AvgIpc) is 3.33. The van der Waals surface area contributed by atoms with Crippen molar-refractivity contribution in [2.24, 2.45) is 5.92 Å². The molecule has 2 aliphatic rings. The maximum absolute atomic E-state index is 13.6. The van der Waals surface area contributed by atoms with E-state index in [1.165, 1.54) is 10.6 Å². The largest absolute Gasteiger partial charge is 0.465 e. The molecule has 0 radical (unpaired) electrons. The summed E-state index contributed by atoms with van der Waals surface area (Å²) in [4.78, 5) is 40.1. The molecular formula is C21H33N4O10P. The zero-order valence-corrected chi connectivity index (χ0v) is 21.6. The summed E-state index contributed by atoms with van der Waals surface area (Å²) in [6.45, 7) is 5.94. The van der Waals surface area contributed by atoms with Gasteiger partial charge in [-0.05, 0) is 26.2 Å². The first-order valence-electron chi connectivity index (χ1n) is 11.7. The smallest absolute Gasteiger partial charge is 0.406 e. The standard InChI is InChI=1S/C21H33N4O10P/c1-5-31-17(26)10-35-36(30,24-13(7-12(3)4)19(28)32-6-2)34-9-14-18(27)21(11-33-14)15-8-16(22)23-20(29)25(15)21/h8,12-14,18,27H,5-7,9-11H2,1-4H3,(H,24,30)(H2,22,23,29)/t13-,14+,18?,21?,25?,36?/m0/s1. The van der Waals surface area contributed by atoms with Crippen molar-refractivity contribution < 1.29 is 42.5 Å². The number of ether oxygens (including phenoxy) is 3. The number of nitrogens with zero attached hydrogens (tertiary/aromatic N) is 2. The van der Waals surface area contributed by atoms with Gasteiger partial charge >= 0.3 is 25.4 Å². The Morgan fingerprint density at radius 1 is 1.33 bits per heavy atom. The number of nitrogens with one attached hydrogen (secondary N) is 1. The number of nitrogens with two attached hydrogens (primary N) is 1. The molecule has 1 aromatic rings. The van der Waals surface area contributed by atoms with Crippen LogP contribution >= 0.6 is 7.75 Å². The van der Waals surface area contributed by atoms with Gasteiger partial charge in [-0.2, -0.15) is 4.98 Å². The van der Waals surface area contributed by atoms with E-state index in [9.17, 15) is 24.1 Å². The van der Waals surface area contributed by atoms with E-state index in [4.69, 9.17) is 29.0 Å². The fourth-order valence-corrected chi connectivity index (χ4v) is 5.56. The number of carbonyl (C=O) groups is 2. The van der Waals surface area contributed by atoms with Crippen LogP contribution in [-0.4, -0.2) is 77.9 Å². The van der Waals surface area contributed by atoms with Crippen molar-refractivity contribution in [3.63, 3.8) is 0 Å². The first-order valence-corrected chi connectivity index (χ1v) is 13.2. The molecule has 0 amide bonds. The number of esters is 2. The predicted molar refractivity (Wildman–Crippen MR) is 125 cm³/mol. The molecule has 0 aromatic carbocycles. The molecule has 14 nitrogen and oxygen atoms in total. The van der Waals surface area contributed by atoms with Crippen molar-refractivity contribution in [2.75, 3.05) is 38.8 Å². The highest BCUT2D eigenvalue weighted by atomic mass is 31.2. The highest BCUT2D eigenvalue weighted by Crippen LogP contribution is 2.50. The zero-order chi connectivity index (χ0) is 26.7. The van der Waals surface area contributed by atoms with Gasteiger partial charge in [0.05, 0.1) is 32.1 Å². The summed E-state index contributed by atoms with van der Waals surface area (Å²) in [5.41, 5.74) is 4.35. The molecule has 202 valence electrons. The van der Waals surface area contributed by atoms with Crippen LogP contribution in [0.1, 0.15) is 39.8 Å². The monoisotopic (exact) mass is 532 g/mol. The van der Waals surface area contributed by atoms with Crippen molar-refractivity contribution in [1.82, 2.24) is 14.6 Å². The van der Waals surface area contributed by atoms with Gasteiger partial charge in [0, 0.05) is 6.07 Å². The number of hydrogen-bond donors (Lipinski definition) is 3. The van der Waals surface area contributed by atoms with Crippen LogP contribution < -0.4 is 16.5 Å². The number of aliphatic hydroxyl groups is 1. The van der Waals surface area contributed by atoms with Gasteiger partial charge in [-0.1, -0.05) is 13.8 Å². The zero-order valence-electron chi connectivity index (χ0n) is 20.7. The predicted octanol–water partition coefficient (Wildman–Crippen LogP) is -0.0860. The topological polar surface area (TPSA) is 191 Å². The van der Waals surface area contributed by atoms with Gasteiger partial charge in [0.15, 0.2) is 6.61 Å². The van der Waals surface area contributed by atoms with E-state index in [0.29, 0.717) is 5.69 Å². The van der Waals surface area contributed by atoms with E-state index in [1.807, 2.05) is 13.8 Å². The summed E-state index contributed by atoms with van der Waals surface area (Å²) in [6, 6.07) is 0.418. The maximum Gasteiger partial charge on any atom is 0.406 e. The summed E-state index contributed by atoms with van der Waals surface area (Å²) in [5.74, 6) is -1.42. The second kappa shape index (κ2) is 11.4. The average molecular weight is 532 g/mol. The number of aromatic nitrogens is 2. The molecule has 0 saturated carbocycles. The molecule has 3 unspecified atom stereocenters. The van der Waals surface area contributed by atoms with Gasteiger partial charge in [0.2, 0.25) is 0 Å². The van der Waals surface area contributed by atoms with E-state index in [-0.39, 0.29) is 38.0 Å². The Bertz CT molecular complexity index is 1080. The summed E-state index contributed by atoms with van der Waals surface area (Å²) >= 11 is 0. The van der Waals surface area contributed by atoms with Gasteiger partial charge < -0.3 is 25.1 Å². The van der Waals surface area contributed by atoms with Gasteiger partial charge in [-0.15, -0.1) is 0 Å². The minimum atomic E-state index is -4.32. The van der Waals surface area contributed by atoms with Crippen LogP contribution in [0.2, 0.25) is 0 Å². The summed E-state index contributed by atoms with van der Waals surface area (Å²) in [5, 5.41) is 13.5. The minimum absolute atomic E-state index is 0.0120. The maximum atomic E-state index is 13.6. The second-order valence-corrected chi connectivity index (χ2v) is 10.6. The Kier molecular flexibility index (Phi) is 8.91. The third-order valence-corrected chi connectivity index (χ3v) is 7.34. The number of nitrogen functional groups attached to an aromatic ring is 1. The number of aliphatic hydroxyl groups excluding tert-OH is 1. The Morgan fingerprint density at radius 2 is 2.03 bits per heavy atom.